The zero-order chi connectivity index (χ0) is 13.9. The number of benzene rings is 1. The lowest BCUT2D eigenvalue weighted by molar-refractivity contribution is 0.0938. The van der Waals surface area contributed by atoms with Crippen molar-refractivity contribution in [3.63, 3.8) is 0 Å². The lowest BCUT2D eigenvalue weighted by Gasteiger charge is -2.13. The minimum absolute atomic E-state index is 0.0775. The first-order valence-electron chi connectivity index (χ1n) is 7.55. The molecule has 2 N–H and O–H groups in total. The Morgan fingerprint density at radius 2 is 2.35 bits per heavy atom. The molecule has 20 heavy (non-hydrogen) atoms. The van der Waals surface area contributed by atoms with E-state index in [1.54, 1.807) is 0 Å². The molecule has 108 valence electrons. The number of carbonyl (C=O) groups is 1. The van der Waals surface area contributed by atoms with Crippen molar-refractivity contribution in [3.8, 4) is 0 Å². The molecule has 1 aliphatic carbocycles. The molecule has 3 rings (SSSR count). The van der Waals surface area contributed by atoms with Gasteiger partial charge in [-0.2, -0.15) is 11.8 Å². The maximum atomic E-state index is 12.3. The largest absolute Gasteiger partial charge is 0.384 e. The zero-order valence-corrected chi connectivity index (χ0v) is 12.8. The van der Waals surface area contributed by atoms with Crippen LogP contribution in [-0.4, -0.2) is 29.5 Å². The van der Waals surface area contributed by atoms with Crippen LogP contribution < -0.4 is 10.6 Å². The first-order chi connectivity index (χ1) is 9.76. The maximum Gasteiger partial charge on any atom is 0.251 e. The van der Waals surface area contributed by atoms with E-state index < -0.39 is 0 Å². The molecule has 4 heteroatoms. The van der Waals surface area contributed by atoms with Crippen LogP contribution in [0.3, 0.4) is 0 Å². The van der Waals surface area contributed by atoms with Gasteiger partial charge in [-0.1, -0.05) is 13.0 Å². The molecule has 2 unspecified atom stereocenters. The molecule has 0 radical (unpaired) electrons. The molecule has 3 nitrogen and oxygen atoms in total. The number of hydrogen-bond acceptors (Lipinski definition) is 3. The Balaban J connectivity index is 1.60. The molecule has 1 fully saturated rings. The average molecular weight is 290 g/mol. The van der Waals surface area contributed by atoms with Gasteiger partial charge in [0.1, 0.15) is 0 Å². The minimum Gasteiger partial charge on any atom is -0.384 e. The highest BCUT2D eigenvalue weighted by Crippen LogP contribution is 2.30. The molecule has 0 aromatic heterocycles. The van der Waals surface area contributed by atoms with E-state index in [0.29, 0.717) is 6.04 Å². The first-order valence-corrected chi connectivity index (χ1v) is 8.60. The molecule has 1 aliphatic heterocycles. The van der Waals surface area contributed by atoms with Crippen LogP contribution >= 0.6 is 11.8 Å². The molecule has 1 aromatic carbocycles. The van der Waals surface area contributed by atoms with Crippen molar-refractivity contribution in [1.82, 2.24) is 5.32 Å². The van der Waals surface area contributed by atoms with Gasteiger partial charge in [0.05, 0.1) is 0 Å². The smallest absolute Gasteiger partial charge is 0.251 e. The van der Waals surface area contributed by atoms with Crippen LogP contribution in [0.4, 0.5) is 5.69 Å². The Labute approximate surface area is 124 Å². The van der Waals surface area contributed by atoms with Gasteiger partial charge in [0.25, 0.3) is 5.91 Å². The summed E-state index contributed by atoms with van der Waals surface area (Å²) in [5.41, 5.74) is 3.23. The summed E-state index contributed by atoms with van der Waals surface area (Å²) in [6.07, 6.45) is 4.53. The monoisotopic (exact) mass is 290 g/mol. The van der Waals surface area contributed by atoms with Crippen LogP contribution in [0.2, 0.25) is 0 Å². The van der Waals surface area contributed by atoms with Crippen LogP contribution in [0.1, 0.15) is 42.1 Å². The summed E-state index contributed by atoms with van der Waals surface area (Å²) in [7, 11) is 0. The minimum atomic E-state index is 0.0775. The number of carbonyl (C=O) groups excluding carboxylic acids is 1. The number of hydrogen-bond donors (Lipinski definition) is 2. The standard InChI is InChI=1S/C16H22N2OS/c1-2-20-14-6-5-13(10-14)18-16(19)12-4-3-11-7-8-17-15(11)9-12/h3-4,9,13-14,17H,2,5-8,10H2,1H3,(H,18,19). The van der Waals surface area contributed by atoms with Crippen LogP contribution in [0.5, 0.6) is 0 Å². The van der Waals surface area contributed by atoms with Crippen molar-refractivity contribution < 1.29 is 4.79 Å². The van der Waals surface area contributed by atoms with Crippen LogP contribution in [0.25, 0.3) is 0 Å². The second kappa shape index (κ2) is 6.08. The molecule has 1 heterocycles. The van der Waals surface area contributed by atoms with E-state index in [1.165, 1.54) is 17.7 Å². The average Bonchev–Trinajstić information content (AvgIpc) is 3.07. The Morgan fingerprint density at radius 3 is 3.20 bits per heavy atom. The first kappa shape index (κ1) is 13.8. The van der Waals surface area contributed by atoms with Crippen molar-refractivity contribution in [2.24, 2.45) is 0 Å². The number of nitrogens with one attached hydrogen (secondary N) is 2. The Hall–Kier alpha value is -1.16. The quantitative estimate of drug-likeness (QED) is 0.895. The molecule has 0 saturated heterocycles. The Kier molecular flexibility index (Phi) is 4.20. The summed E-state index contributed by atoms with van der Waals surface area (Å²) >= 11 is 2.02. The van der Waals surface area contributed by atoms with Gasteiger partial charge in [-0.15, -0.1) is 0 Å². The third-order valence-electron chi connectivity index (χ3n) is 4.20. The number of thioether (sulfide) groups is 1. The third kappa shape index (κ3) is 2.95. The summed E-state index contributed by atoms with van der Waals surface area (Å²) < 4.78 is 0. The normalized spacial score (nSPS) is 24.2. The second-order valence-corrected chi connectivity index (χ2v) is 7.19. The van der Waals surface area contributed by atoms with Crippen molar-refractivity contribution in [2.45, 2.75) is 43.9 Å². The van der Waals surface area contributed by atoms with Gasteiger partial charge >= 0.3 is 0 Å². The van der Waals surface area contributed by atoms with E-state index in [2.05, 4.69) is 23.6 Å². The predicted molar refractivity (Wildman–Crippen MR) is 85.7 cm³/mol. The molecular formula is C16H22N2OS. The second-order valence-electron chi connectivity index (χ2n) is 5.61. The van der Waals surface area contributed by atoms with Gasteiger partial charge in [-0.3, -0.25) is 4.79 Å². The van der Waals surface area contributed by atoms with Crippen molar-refractivity contribution in [2.75, 3.05) is 17.6 Å². The molecule has 2 aliphatic rings. The highest BCUT2D eigenvalue weighted by Gasteiger charge is 2.26. The van der Waals surface area contributed by atoms with E-state index in [1.807, 2.05) is 23.9 Å². The number of rotatable bonds is 4. The molecule has 0 bridgehead atoms. The van der Waals surface area contributed by atoms with Gasteiger partial charge in [-0.05, 0) is 49.1 Å². The lowest BCUT2D eigenvalue weighted by atomic mass is 10.1. The van der Waals surface area contributed by atoms with Crippen molar-refractivity contribution >= 4 is 23.4 Å². The van der Waals surface area contributed by atoms with Gasteiger partial charge in [0.2, 0.25) is 0 Å². The Bertz CT molecular complexity index is 503. The summed E-state index contributed by atoms with van der Waals surface area (Å²) in [5.74, 6) is 1.25. The van der Waals surface area contributed by atoms with Gasteiger partial charge < -0.3 is 10.6 Å². The fourth-order valence-electron chi connectivity index (χ4n) is 3.16. The molecular weight excluding hydrogens is 268 g/mol. The van der Waals surface area contributed by atoms with Gasteiger partial charge in [0.15, 0.2) is 0 Å². The van der Waals surface area contributed by atoms with Crippen LogP contribution in [0.15, 0.2) is 18.2 Å². The summed E-state index contributed by atoms with van der Waals surface area (Å²) in [5, 5.41) is 7.25. The number of amides is 1. The van der Waals surface area contributed by atoms with E-state index in [-0.39, 0.29) is 5.91 Å². The summed E-state index contributed by atoms with van der Waals surface area (Å²) in [6, 6.07) is 6.38. The van der Waals surface area contributed by atoms with Gasteiger partial charge in [0, 0.05) is 29.1 Å². The summed E-state index contributed by atoms with van der Waals surface area (Å²) in [6.45, 7) is 3.19. The van der Waals surface area contributed by atoms with E-state index in [4.69, 9.17) is 0 Å². The molecule has 2 atom stereocenters. The molecule has 1 saturated carbocycles. The van der Waals surface area contributed by atoms with E-state index in [0.717, 1.165) is 42.3 Å². The Morgan fingerprint density at radius 1 is 1.45 bits per heavy atom. The topological polar surface area (TPSA) is 41.1 Å². The summed E-state index contributed by atoms with van der Waals surface area (Å²) in [4.78, 5) is 12.3. The number of anilines is 1. The third-order valence-corrected chi connectivity index (χ3v) is 5.44. The fourth-order valence-corrected chi connectivity index (χ4v) is 4.30. The SMILES string of the molecule is CCSC1CCC(NC(=O)c2ccc3c(c2)NCC3)C1. The van der Waals surface area contributed by atoms with Crippen LogP contribution in [0, 0.1) is 0 Å². The van der Waals surface area contributed by atoms with E-state index in [9.17, 15) is 4.79 Å². The van der Waals surface area contributed by atoms with Crippen molar-refractivity contribution in [1.29, 1.82) is 0 Å². The highest BCUT2D eigenvalue weighted by molar-refractivity contribution is 7.99. The van der Waals surface area contributed by atoms with E-state index >= 15 is 0 Å². The zero-order valence-electron chi connectivity index (χ0n) is 11.9. The highest BCUT2D eigenvalue weighted by atomic mass is 32.2. The molecule has 0 spiro atoms. The van der Waals surface area contributed by atoms with Gasteiger partial charge in [-0.25, -0.2) is 0 Å². The molecule has 1 amide bonds. The van der Waals surface area contributed by atoms with Crippen LogP contribution in [-0.2, 0) is 6.42 Å². The maximum absolute atomic E-state index is 12.3. The predicted octanol–water partition coefficient (Wildman–Crippen LogP) is 3.06. The number of fused-ring (bicyclic) bond motifs is 1. The lowest BCUT2D eigenvalue weighted by Crippen LogP contribution is -2.33. The van der Waals surface area contributed by atoms with Crippen molar-refractivity contribution in [3.05, 3.63) is 29.3 Å². The fraction of sp³-hybridized carbons (Fsp3) is 0.562. The molecule has 1 aromatic rings.